The SMILES string of the molecule is [SiH3][SiH2]OC(c1ccccc1)(c1ccccc1)c1ccccc1. The van der Waals surface area contributed by atoms with E-state index in [0.29, 0.717) is 0 Å². The molecule has 3 heteroatoms. The third-order valence-electron chi connectivity index (χ3n) is 3.90. The summed E-state index contributed by atoms with van der Waals surface area (Å²) in [5.74, 6) is 0. The van der Waals surface area contributed by atoms with E-state index in [2.05, 4.69) is 91.0 Å². The van der Waals surface area contributed by atoms with Crippen molar-refractivity contribution < 1.29 is 4.43 Å². The number of benzene rings is 3. The molecule has 0 spiro atoms. The Bertz CT molecular complexity index is 603. The molecule has 0 saturated heterocycles. The van der Waals surface area contributed by atoms with Gasteiger partial charge in [0.2, 0.25) is 0 Å². The molecule has 3 aromatic carbocycles. The summed E-state index contributed by atoms with van der Waals surface area (Å²) in [5.41, 5.74) is 3.14. The highest BCUT2D eigenvalue weighted by Crippen LogP contribution is 2.39. The Balaban J connectivity index is 2.29. The molecular formula is C19H20OSi2. The summed E-state index contributed by atoms with van der Waals surface area (Å²) in [6, 6.07) is 31.8. The van der Waals surface area contributed by atoms with Crippen LogP contribution < -0.4 is 0 Å². The smallest absolute Gasteiger partial charge is 0.141 e. The predicted molar refractivity (Wildman–Crippen MR) is 98.8 cm³/mol. The van der Waals surface area contributed by atoms with Crippen molar-refractivity contribution >= 4 is 19.0 Å². The van der Waals surface area contributed by atoms with Crippen molar-refractivity contribution in [3.05, 3.63) is 108 Å². The largest absolute Gasteiger partial charge is 0.411 e. The summed E-state index contributed by atoms with van der Waals surface area (Å²) in [6.07, 6.45) is 0. The van der Waals surface area contributed by atoms with Crippen LogP contribution in [0.4, 0.5) is 0 Å². The second-order valence-electron chi connectivity index (χ2n) is 5.21. The second kappa shape index (κ2) is 6.88. The minimum absolute atomic E-state index is 0.474. The molecule has 0 aliphatic rings. The van der Waals surface area contributed by atoms with E-state index in [1.165, 1.54) is 16.7 Å². The van der Waals surface area contributed by atoms with Gasteiger partial charge in [0.05, 0.1) is 0 Å². The van der Waals surface area contributed by atoms with Crippen LogP contribution in [0.25, 0.3) is 0 Å². The van der Waals surface area contributed by atoms with Crippen molar-refractivity contribution in [2.45, 2.75) is 5.60 Å². The molecule has 0 aliphatic carbocycles. The molecule has 0 N–H and O–H groups in total. The zero-order chi connectivity index (χ0) is 15.3. The summed E-state index contributed by atoms with van der Waals surface area (Å²) in [4.78, 5) is 0. The van der Waals surface area contributed by atoms with E-state index >= 15 is 0 Å². The standard InChI is InChI=1S/C19H20OSi2/c21-22-20-19(16-10-4-1-5-11-16,17-12-6-2-7-13-17)18-14-8-3-9-15-18/h1-15H,22H2,21H3. The Hall–Kier alpha value is -1.95. The molecule has 3 rings (SSSR count). The van der Waals surface area contributed by atoms with E-state index < -0.39 is 14.9 Å². The average Bonchev–Trinajstić information content (AvgIpc) is 2.62. The van der Waals surface area contributed by atoms with Gasteiger partial charge in [-0.1, -0.05) is 91.0 Å². The molecular weight excluding hydrogens is 300 g/mol. The van der Waals surface area contributed by atoms with Gasteiger partial charge in [-0.15, -0.1) is 0 Å². The molecule has 0 bridgehead atoms. The maximum Gasteiger partial charge on any atom is 0.141 e. The zero-order valence-electron chi connectivity index (χ0n) is 12.8. The van der Waals surface area contributed by atoms with Gasteiger partial charge in [-0.2, -0.15) is 0 Å². The molecule has 22 heavy (non-hydrogen) atoms. The number of hydrogen-bond donors (Lipinski definition) is 0. The van der Waals surface area contributed by atoms with Crippen LogP contribution in [0, 0.1) is 0 Å². The van der Waals surface area contributed by atoms with Crippen LogP contribution in [0.2, 0.25) is 0 Å². The highest BCUT2D eigenvalue weighted by atomic mass is 29.1. The summed E-state index contributed by atoms with van der Waals surface area (Å²) in [6.45, 7) is 0. The molecule has 0 saturated carbocycles. The molecule has 1 nitrogen and oxygen atoms in total. The maximum atomic E-state index is 6.59. The topological polar surface area (TPSA) is 9.23 Å². The molecule has 0 aliphatic heterocycles. The molecule has 0 radical (unpaired) electrons. The van der Waals surface area contributed by atoms with Gasteiger partial charge in [0, 0.05) is 9.76 Å². The Kier molecular flexibility index (Phi) is 4.68. The lowest BCUT2D eigenvalue weighted by Gasteiger charge is -2.36. The number of hydrogen-bond acceptors (Lipinski definition) is 1. The maximum absolute atomic E-state index is 6.59. The minimum Gasteiger partial charge on any atom is -0.411 e. The van der Waals surface area contributed by atoms with Crippen LogP contribution in [0.1, 0.15) is 16.7 Å². The Morgan fingerprint density at radius 2 is 0.909 bits per heavy atom. The Morgan fingerprint density at radius 1 is 0.591 bits per heavy atom. The summed E-state index contributed by atoms with van der Waals surface area (Å²) in [7, 11) is 0.657. The lowest BCUT2D eigenvalue weighted by Crippen LogP contribution is -2.34. The van der Waals surface area contributed by atoms with Crippen molar-refractivity contribution in [3.63, 3.8) is 0 Å². The molecule has 3 aromatic rings. The van der Waals surface area contributed by atoms with E-state index in [0.717, 1.165) is 9.76 Å². The molecule has 0 fully saturated rings. The number of rotatable bonds is 5. The molecule has 110 valence electrons. The van der Waals surface area contributed by atoms with Crippen LogP contribution in [0.5, 0.6) is 0 Å². The van der Waals surface area contributed by atoms with Crippen molar-refractivity contribution in [2.24, 2.45) is 0 Å². The van der Waals surface area contributed by atoms with Gasteiger partial charge in [0.15, 0.2) is 0 Å². The van der Waals surface area contributed by atoms with Gasteiger partial charge in [-0.3, -0.25) is 0 Å². The third-order valence-corrected chi connectivity index (χ3v) is 5.49. The lowest BCUT2D eigenvalue weighted by molar-refractivity contribution is 0.170. The van der Waals surface area contributed by atoms with Gasteiger partial charge in [0.25, 0.3) is 0 Å². The average molecular weight is 321 g/mol. The first kappa shape index (κ1) is 15.0. The van der Waals surface area contributed by atoms with E-state index in [9.17, 15) is 0 Å². The fourth-order valence-corrected chi connectivity index (χ4v) is 5.22. The van der Waals surface area contributed by atoms with Crippen LogP contribution >= 0.6 is 0 Å². The van der Waals surface area contributed by atoms with Gasteiger partial charge >= 0.3 is 0 Å². The fraction of sp³-hybridized carbons (Fsp3) is 0.0526. The van der Waals surface area contributed by atoms with Crippen molar-refractivity contribution in [3.8, 4) is 0 Å². The Labute approximate surface area is 137 Å². The first-order valence-electron chi connectivity index (χ1n) is 7.68. The highest BCUT2D eigenvalue weighted by molar-refractivity contribution is 6.85. The second-order valence-corrected chi connectivity index (χ2v) is 7.81. The van der Waals surface area contributed by atoms with E-state index in [1.807, 2.05) is 0 Å². The van der Waals surface area contributed by atoms with Gasteiger partial charge in [-0.25, -0.2) is 0 Å². The summed E-state index contributed by atoms with van der Waals surface area (Å²) < 4.78 is 6.59. The molecule has 0 unspecified atom stereocenters. The van der Waals surface area contributed by atoms with Crippen molar-refractivity contribution in [1.82, 2.24) is 0 Å². The van der Waals surface area contributed by atoms with Crippen molar-refractivity contribution in [1.29, 1.82) is 0 Å². The lowest BCUT2D eigenvalue weighted by atomic mass is 9.80. The predicted octanol–water partition coefficient (Wildman–Crippen LogP) is 2.36. The molecule has 0 amide bonds. The van der Waals surface area contributed by atoms with Crippen LogP contribution in [-0.4, -0.2) is 19.0 Å². The first-order valence-corrected chi connectivity index (χ1v) is 13.9. The van der Waals surface area contributed by atoms with Crippen molar-refractivity contribution in [2.75, 3.05) is 0 Å². The monoisotopic (exact) mass is 320 g/mol. The minimum atomic E-state index is -0.483. The van der Waals surface area contributed by atoms with E-state index in [4.69, 9.17) is 4.43 Å². The summed E-state index contributed by atoms with van der Waals surface area (Å²) >= 11 is 0. The highest BCUT2D eigenvalue weighted by Gasteiger charge is 2.36. The third kappa shape index (κ3) is 2.71. The van der Waals surface area contributed by atoms with Crippen LogP contribution in [-0.2, 0) is 10.0 Å². The zero-order valence-corrected chi connectivity index (χ0v) is 16.2. The molecule has 0 aromatic heterocycles. The molecule has 0 heterocycles. The normalized spacial score (nSPS) is 12.0. The van der Waals surface area contributed by atoms with Gasteiger partial charge in [0.1, 0.15) is 14.9 Å². The van der Waals surface area contributed by atoms with Crippen LogP contribution in [0.15, 0.2) is 91.0 Å². The summed E-state index contributed by atoms with van der Waals surface area (Å²) in [5, 5.41) is 0. The first-order chi connectivity index (χ1) is 10.9. The van der Waals surface area contributed by atoms with E-state index in [1.54, 1.807) is 0 Å². The fourth-order valence-electron chi connectivity index (χ4n) is 2.99. The quantitative estimate of drug-likeness (QED) is 0.518. The van der Waals surface area contributed by atoms with Gasteiger partial charge < -0.3 is 4.43 Å². The van der Waals surface area contributed by atoms with Crippen LogP contribution in [0.3, 0.4) is 0 Å². The molecule has 0 atom stereocenters. The van der Waals surface area contributed by atoms with E-state index in [-0.39, 0.29) is 0 Å². The Morgan fingerprint density at radius 3 is 1.18 bits per heavy atom. The van der Waals surface area contributed by atoms with Gasteiger partial charge in [-0.05, 0) is 16.7 Å².